The molecule has 12 heteroatoms. The van der Waals surface area contributed by atoms with E-state index in [4.69, 9.17) is 4.52 Å². The number of piperidine rings is 1. The first-order chi connectivity index (χ1) is 18.3. The van der Waals surface area contributed by atoms with Crippen molar-refractivity contribution in [1.82, 2.24) is 29.4 Å². The molecule has 2 fully saturated rings. The van der Waals surface area contributed by atoms with Crippen LogP contribution in [-0.2, 0) is 11.3 Å². The molecule has 2 aliphatic rings. The molecule has 12 nitrogen and oxygen atoms in total. The van der Waals surface area contributed by atoms with Crippen LogP contribution in [0.15, 0.2) is 52.2 Å². The molecule has 1 saturated heterocycles. The number of aryl methyl sites for hydroxylation is 1. The van der Waals surface area contributed by atoms with Gasteiger partial charge in [0.2, 0.25) is 5.91 Å². The predicted octanol–water partition coefficient (Wildman–Crippen LogP) is 1.89. The van der Waals surface area contributed by atoms with Crippen LogP contribution in [-0.4, -0.2) is 65.0 Å². The summed E-state index contributed by atoms with van der Waals surface area (Å²) in [4.78, 5) is 44.3. The molecule has 0 unspecified atom stereocenters. The number of nitrogens with one attached hydrogen (secondary N) is 1. The smallest absolute Gasteiger partial charge is 0.264 e. The van der Waals surface area contributed by atoms with E-state index < -0.39 is 5.60 Å². The third kappa shape index (κ3) is 4.58. The molecule has 4 aromatic rings. The van der Waals surface area contributed by atoms with Gasteiger partial charge in [-0.25, -0.2) is 9.67 Å². The van der Waals surface area contributed by atoms with Gasteiger partial charge in [0.05, 0.1) is 24.0 Å². The highest BCUT2D eigenvalue weighted by atomic mass is 16.5. The molecule has 2 N–H and O–H groups in total. The summed E-state index contributed by atoms with van der Waals surface area (Å²) in [7, 11) is 0. The van der Waals surface area contributed by atoms with Crippen molar-refractivity contribution in [3.8, 4) is 5.69 Å². The molecular formula is C26H27N7O5. The zero-order valence-electron chi connectivity index (χ0n) is 20.8. The van der Waals surface area contributed by atoms with Crippen LogP contribution < -0.4 is 10.9 Å². The van der Waals surface area contributed by atoms with Gasteiger partial charge in [0.1, 0.15) is 17.5 Å². The van der Waals surface area contributed by atoms with Crippen LogP contribution in [0.2, 0.25) is 0 Å². The van der Waals surface area contributed by atoms with Gasteiger partial charge in [-0.15, -0.1) is 0 Å². The van der Waals surface area contributed by atoms with E-state index >= 15 is 0 Å². The molecule has 1 aromatic carbocycles. The first-order valence-electron chi connectivity index (χ1n) is 12.6. The number of carbonyl (C=O) groups excluding carboxylic acids is 2. The van der Waals surface area contributed by atoms with Crippen molar-refractivity contribution >= 4 is 28.7 Å². The normalized spacial score (nSPS) is 17.1. The number of aromatic nitrogens is 5. The van der Waals surface area contributed by atoms with Crippen molar-refractivity contribution in [2.75, 3.05) is 18.4 Å². The van der Waals surface area contributed by atoms with Crippen LogP contribution in [0.1, 0.15) is 41.8 Å². The van der Waals surface area contributed by atoms with E-state index in [9.17, 15) is 19.5 Å². The van der Waals surface area contributed by atoms with Gasteiger partial charge >= 0.3 is 0 Å². The first-order valence-corrected chi connectivity index (χ1v) is 12.6. The number of amides is 2. The summed E-state index contributed by atoms with van der Waals surface area (Å²) in [5.41, 5.74) is 0.0314. The molecule has 1 saturated carbocycles. The molecule has 0 spiro atoms. The Morgan fingerprint density at radius 1 is 1.18 bits per heavy atom. The molecule has 3 aromatic heterocycles. The standard InChI is InChI=1S/C26H27N7O5/c1-16-12-21(30-38-16)29-23(34)17-4-6-19(7-5-17)33-22-20(13-28-33)25(36)32(15-27-22)14-26(37)8-10-31(11-9-26)24(35)18-2-3-18/h4-7,12-13,15,18,37H,2-3,8-11,14H2,1H3,(H,29,30,34). The Labute approximate surface area is 216 Å². The summed E-state index contributed by atoms with van der Waals surface area (Å²) in [5.74, 6) is 0.920. The summed E-state index contributed by atoms with van der Waals surface area (Å²) in [6.45, 7) is 2.81. The molecule has 1 aliphatic carbocycles. The molecule has 4 heterocycles. The predicted molar refractivity (Wildman–Crippen MR) is 136 cm³/mol. The van der Waals surface area contributed by atoms with Crippen LogP contribution in [0, 0.1) is 12.8 Å². The second-order valence-corrected chi connectivity index (χ2v) is 10.1. The van der Waals surface area contributed by atoms with Crippen LogP contribution in [0.3, 0.4) is 0 Å². The lowest BCUT2D eigenvalue weighted by atomic mass is 9.91. The Kier molecular flexibility index (Phi) is 5.83. The number of fused-ring (bicyclic) bond motifs is 1. The summed E-state index contributed by atoms with van der Waals surface area (Å²) in [5, 5.41) is 22.2. The van der Waals surface area contributed by atoms with Crippen molar-refractivity contribution in [3.63, 3.8) is 0 Å². The lowest BCUT2D eigenvalue weighted by Gasteiger charge is -2.38. The number of anilines is 1. The molecule has 0 atom stereocenters. The number of nitrogens with zero attached hydrogens (tertiary/aromatic N) is 6. The van der Waals surface area contributed by atoms with Crippen molar-refractivity contribution in [2.24, 2.45) is 5.92 Å². The lowest BCUT2D eigenvalue weighted by molar-refractivity contribution is -0.137. The Bertz CT molecular complexity index is 1570. The van der Waals surface area contributed by atoms with Gasteiger partial charge in [-0.05, 0) is 56.9 Å². The third-order valence-corrected chi connectivity index (χ3v) is 7.20. The molecule has 0 bridgehead atoms. The van der Waals surface area contributed by atoms with Gasteiger partial charge in [0, 0.05) is 30.6 Å². The summed E-state index contributed by atoms with van der Waals surface area (Å²) >= 11 is 0. The fraction of sp³-hybridized carbons (Fsp3) is 0.385. The minimum Gasteiger partial charge on any atom is -0.388 e. The molecule has 196 valence electrons. The average Bonchev–Trinajstić information content (AvgIpc) is 3.55. The Morgan fingerprint density at radius 2 is 1.92 bits per heavy atom. The molecule has 2 amide bonds. The average molecular weight is 518 g/mol. The highest BCUT2D eigenvalue weighted by molar-refractivity contribution is 6.03. The summed E-state index contributed by atoms with van der Waals surface area (Å²) in [6, 6.07) is 8.33. The Balaban J connectivity index is 1.17. The van der Waals surface area contributed by atoms with E-state index in [0.29, 0.717) is 59.8 Å². The van der Waals surface area contributed by atoms with E-state index in [-0.39, 0.29) is 29.8 Å². The van der Waals surface area contributed by atoms with Gasteiger partial charge in [0.25, 0.3) is 11.5 Å². The van der Waals surface area contributed by atoms with E-state index in [1.165, 1.54) is 21.8 Å². The fourth-order valence-corrected chi connectivity index (χ4v) is 4.83. The quantitative estimate of drug-likeness (QED) is 0.394. The van der Waals surface area contributed by atoms with E-state index in [1.54, 1.807) is 37.3 Å². The maximum atomic E-state index is 13.2. The SMILES string of the molecule is Cc1cc(NC(=O)c2ccc(-n3ncc4c(=O)n(CC5(O)CCN(C(=O)C6CC6)CC5)cnc43)cc2)no1. The molecule has 1 aliphatic heterocycles. The maximum absolute atomic E-state index is 13.2. The van der Waals surface area contributed by atoms with E-state index in [2.05, 4.69) is 20.6 Å². The second kappa shape index (κ2) is 9.21. The number of rotatable bonds is 6. The van der Waals surface area contributed by atoms with Crippen LogP contribution in [0.25, 0.3) is 16.7 Å². The number of hydrogen-bond donors (Lipinski definition) is 2. The van der Waals surface area contributed by atoms with Gasteiger partial charge in [-0.3, -0.25) is 19.0 Å². The van der Waals surface area contributed by atoms with Crippen LogP contribution >= 0.6 is 0 Å². The maximum Gasteiger partial charge on any atom is 0.264 e. The second-order valence-electron chi connectivity index (χ2n) is 10.1. The molecule has 38 heavy (non-hydrogen) atoms. The van der Waals surface area contributed by atoms with Gasteiger partial charge in [-0.2, -0.15) is 5.10 Å². The van der Waals surface area contributed by atoms with E-state index in [0.717, 1.165) is 12.8 Å². The van der Waals surface area contributed by atoms with Gasteiger partial charge in [-0.1, -0.05) is 5.16 Å². The number of benzene rings is 1. The summed E-state index contributed by atoms with van der Waals surface area (Å²) < 4.78 is 7.90. The zero-order valence-corrected chi connectivity index (χ0v) is 20.8. The van der Waals surface area contributed by atoms with Crippen LogP contribution in [0.4, 0.5) is 5.82 Å². The minimum atomic E-state index is -1.09. The van der Waals surface area contributed by atoms with Crippen LogP contribution in [0.5, 0.6) is 0 Å². The third-order valence-electron chi connectivity index (χ3n) is 7.20. The summed E-state index contributed by atoms with van der Waals surface area (Å²) in [6.07, 6.45) is 5.60. The molecular weight excluding hydrogens is 490 g/mol. The highest BCUT2D eigenvalue weighted by Gasteiger charge is 2.39. The Hall–Kier alpha value is -4.32. The highest BCUT2D eigenvalue weighted by Crippen LogP contribution is 2.33. The minimum absolute atomic E-state index is 0.0975. The molecule has 6 rings (SSSR count). The Morgan fingerprint density at radius 3 is 2.58 bits per heavy atom. The fourth-order valence-electron chi connectivity index (χ4n) is 4.83. The van der Waals surface area contributed by atoms with E-state index in [1.807, 2.05) is 4.90 Å². The number of aliphatic hydroxyl groups is 1. The zero-order chi connectivity index (χ0) is 26.4. The lowest BCUT2D eigenvalue weighted by Crippen LogP contribution is -2.50. The number of carbonyl (C=O) groups is 2. The number of likely N-dealkylation sites (tertiary alicyclic amines) is 1. The van der Waals surface area contributed by atoms with Gasteiger partial charge < -0.3 is 19.8 Å². The molecule has 0 radical (unpaired) electrons. The monoisotopic (exact) mass is 517 g/mol. The van der Waals surface area contributed by atoms with Crippen molar-refractivity contribution < 1.29 is 19.2 Å². The topological polar surface area (TPSA) is 148 Å². The first kappa shape index (κ1) is 24.0. The largest absolute Gasteiger partial charge is 0.388 e. The van der Waals surface area contributed by atoms with Gasteiger partial charge in [0.15, 0.2) is 11.5 Å². The van der Waals surface area contributed by atoms with Crippen molar-refractivity contribution in [2.45, 2.75) is 44.8 Å². The van der Waals surface area contributed by atoms with Crippen molar-refractivity contribution in [1.29, 1.82) is 0 Å². The van der Waals surface area contributed by atoms with Crippen molar-refractivity contribution in [3.05, 3.63) is 64.5 Å². The number of hydrogen-bond acceptors (Lipinski definition) is 8.